The summed E-state index contributed by atoms with van der Waals surface area (Å²) in [5.74, 6) is 1.04. The lowest BCUT2D eigenvalue weighted by atomic mass is 9.95. The van der Waals surface area contributed by atoms with E-state index in [9.17, 15) is 19.5 Å². The average Bonchev–Trinajstić information content (AvgIpc) is 3.65. The van der Waals surface area contributed by atoms with Gasteiger partial charge in [-0.05, 0) is 74.8 Å². The fraction of sp³-hybridized carbons (Fsp3) is 0.692. The van der Waals surface area contributed by atoms with Gasteiger partial charge >= 0.3 is 6.09 Å². The number of rotatable bonds is 4. The largest absolute Gasteiger partial charge is 0.465 e. The van der Waals surface area contributed by atoms with E-state index in [0.29, 0.717) is 31.2 Å². The van der Waals surface area contributed by atoms with Crippen molar-refractivity contribution in [3.8, 4) is 0 Å². The Bertz CT molecular complexity index is 1060. The number of aromatic nitrogens is 1. The number of amides is 3. The van der Waals surface area contributed by atoms with Crippen LogP contribution in [0.2, 0.25) is 0 Å². The van der Waals surface area contributed by atoms with Crippen molar-refractivity contribution in [2.24, 2.45) is 11.8 Å². The van der Waals surface area contributed by atoms with Crippen molar-refractivity contribution >= 4 is 23.6 Å². The van der Waals surface area contributed by atoms with Crippen LogP contribution in [0, 0.1) is 11.8 Å². The third kappa shape index (κ3) is 3.83. The highest BCUT2D eigenvalue weighted by molar-refractivity contribution is 5.93. The van der Waals surface area contributed by atoms with E-state index in [0.717, 1.165) is 44.2 Å². The monoisotopic (exact) mass is 481 g/mol. The van der Waals surface area contributed by atoms with Gasteiger partial charge in [-0.1, -0.05) is 0 Å². The van der Waals surface area contributed by atoms with Gasteiger partial charge in [-0.25, -0.2) is 4.79 Å². The number of fused-ring (bicyclic) bond motifs is 2. The van der Waals surface area contributed by atoms with Gasteiger partial charge in [-0.15, -0.1) is 0 Å². The van der Waals surface area contributed by atoms with Crippen molar-refractivity contribution in [3.05, 3.63) is 24.0 Å². The molecule has 3 saturated heterocycles. The molecule has 2 aliphatic carbocycles. The van der Waals surface area contributed by atoms with Crippen LogP contribution in [-0.4, -0.2) is 82.1 Å². The lowest BCUT2D eigenvalue weighted by Gasteiger charge is -2.37. The van der Waals surface area contributed by atoms with Crippen molar-refractivity contribution in [3.63, 3.8) is 0 Å². The molecule has 2 N–H and O–H groups in total. The fourth-order valence-electron chi connectivity index (χ4n) is 7.28. The number of nitrogens with one attached hydrogen (secondary N) is 1. The molecule has 2 saturated carbocycles. The first kappa shape index (κ1) is 22.6. The maximum Gasteiger partial charge on any atom is 0.405 e. The van der Waals surface area contributed by atoms with Crippen LogP contribution in [0.5, 0.6) is 0 Å². The first-order valence-corrected chi connectivity index (χ1v) is 13.0. The number of pyridine rings is 1. The van der Waals surface area contributed by atoms with Gasteiger partial charge in [0.05, 0.1) is 0 Å². The molecule has 0 unspecified atom stereocenters. The van der Waals surface area contributed by atoms with Crippen LogP contribution in [0.15, 0.2) is 18.5 Å². The summed E-state index contributed by atoms with van der Waals surface area (Å²) < 4.78 is 0. The minimum absolute atomic E-state index is 0.0389. The maximum absolute atomic E-state index is 14.1. The summed E-state index contributed by atoms with van der Waals surface area (Å²) in [5, 5.41) is 11.8. The zero-order valence-corrected chi connectivity index (χ0v) is 20.5. The summed E-state index contributed by atoms with van der Waals surface area (Å²) in [6, 6.07) is 0.829. The second kappa shape index (κ2) is 8.10. The Labute approximate surface area is 205 Å². The van der Waals surface area contributed by atoms with Gasteiger partial charge < -0.3 is 25.1 Å². The molecule has 6 atom stereocenters. The molecule has 0 bridgehead atoms. The van der Waals surface area contributed by atoms with E-state index in [1.165, 1.54) is 5.56 Å². The molecule has 9 heteroatoms. The molecule has 4 heterocycles. The summed E-state index contributed by atoms with van der Waals surface area (Å²) in [7, 11) is 4.06. The molecule has 188 valence electrons. The van der Waals surface area contributed by atoms with Gasteiger partial charge in [0, 0.05) is 56.2 Å². The zero-order valence-electron chi connectivity index (χ0n) is 20.5. The molecule has 3 amide bonds. The van der Waals surface area contributed by atoms with Crippen LogP contribution in [-0.2, 0) is 9.59 Å². The van der Waals surface area contributed by atoms with Crippen LogP contribution >= 0.6 is 0 Å². The van der Waals surface area contributed by atoms with Crippen molar-refractivity contribution in [1.82, 2.24) is 20.1 Å². The summed E-state index contributed by atoms with van der Waals surface area (Å²) in [6.45, 7) is 0.649. The number of nitrogens with zero attached hydrogens (tertiary/aromatic N) is 4. The smallest absolute Gasteiger partial charge is 0.405 e. The molecule has 5 fully saturated rings. The number of likely N-dealkylation sites (tertiary alicyclic amines) is 1. The van der Waals surface area contributed by atoms with E-state index >= 15 is 0 Å². The second-order valence-electron chi connectivity index (χ2n) is 11.6. The van der Waals surface area contributed by atoms with Crippen LogP contribution in [0.3, 0.4) is 0 Å². The molecule has 6 rings (SSSR count). The van der Waals surface area contributed by atoms with Crippen molar-refractivity contribution in [1.29, 1.82) is 0 Å². The molecule has 5 aliphatic rings. The van der Waals surface area contributed by atoms with Crippen LogP contribution in [0.4, 0.5) is 10.5 Å². The van der Waals surface area contributed by atoms with Crippen LogP contribution < -0.4 is 10.2 Å². The quantitative estimate of drug-likeness (QED) is 0.684. The minimum Gasteiger partial charge on any atom is -0.465 e. The highest BCUT2D eigenvalue weighted by Gasteiger charge is 2.59. The van der Waals surface area contributed by atoms with E-state index < -0.39 is 18.2 Å². The number of anilines is 1. The Kier molecular flexibility index (Phi) is 5.23. The number of hydrogen-bond acceptors (Lipinski definition) is 5. The molecule has 3 aliphatic heterocycles. The average molecular weight is 482 g/mol. The number of carbonyl (C=O) groups excluding carboxylic acids is 2. The molecular weight excluding hydrogens is 446 g/mol. The first-order valence-electron chi connectivity index (χ1n) is 13.0. The van der Waals surface area contributed by atoms with Gasteiger partial charge in [0.2, 0.25) is 11.8 Å². The van der Waals surface area contributed by atoms with Crippen molar-refractivity contribution < 1.29 is 19.5 Å². The molecule has 35 heavy (non-hydrogen) atoms. The normalized spacial score (nSPS) is 34.6. The summed E-state index contributed by atoms with van der Waals surface area (Å²) in [6.07, 6.45) is 9.54. The van der Waals surface area contributed by atoms with E-state index in [-0.39, 0.29) is 29.3 Å². The van der Waals surface area contributed by atoms with Gasteiger partial charge in [-0.2, -0.15) is 0 Å². The number of carbonyl (C=O) groups is 3. The Morgan fingerprint density at radius 2 is 1.94 bits per heavy atom. The summed E-state index contributed by atoms with van der Waals surface area (Å²) in [5.41, 5.74) is 2.21. The summed E-state index contributed by atoms with van der Waals surface area (Å²) in [4.78, 5) is 49.5. The lowest BCUT2D eigenvalue weighted by molar-refractivity contribution is -0.148. The third-order valence-corrected chi connectivity index (χ3v) is 9.26. The van der Waals surface area contributed by atoms with E-state index in [1.54, 1.807) is 4.90 Å². The second-order valence-corrected chi connectivity index (χ2v) is 11.6. The number of carboxylic acid groups (broad SMARTS) is 1. The van der Waals surface area contributed by atoms with E-state index in [1.807, 2.05) is 32.6 Å². The molecule has 1 aromatic heterocycles. The molecule has 1 spiro atoms. The molecule has 0 radical (unpaired) electrons. The number of hydrogen-bond donors (Lipinski definition) is 2. The topological polar surface area (TPSA) is 106 Å². The highest BCUT2D eigenvalue weighted by atomic mass is 16.4. The summed E-state index contributed by atoms with van der Waals surface area (Å²) >= 11 is 0. The van der Waals surface area contributed by atoms with Crippen LogP contribution in [0.1, 0.15) is 62.8 Å². The minimum atomic E-state index is -1.17. The predicted molar refractivity (Wildman–Crippen MR) is 129 cm³/mol. The molecule has 9 nitrogen and oxygen atoms in total. The van der Waals surface area contributed by atoms with Gasteiger partial charge in [-0.3, -0.25) is 14.6 Å². The molecular formula is C26H35N5O4. The zero-order chi connectivity index (χ0) is 24.5. The Morgan fingerprint density at radius 3 is 2.66 bits per heavy atom. The van der Waals surface area contributed by atoms with E-state index in [4.69, 9.17) is 0 Å². The van der Waals surface area contributed by atoms with Gasteiger partial charge in [0.25, 0.3) is 0 Å². The molecule has 0 aromatic carbocycles. The first-order chi connectivity index (χ1) is 16.8. The van der Waals surface area contributed by atoms with Gasteiger partial charge in [0.15, 0.2) is 0 Å². The molecule has 1 aromatic rings. The SMILES string of the molecule is CN(C)c1ccncc1[C@@H]1CN(C(=O)[C@@H]2CC[C@@H]3C[C@H]4C[C@H]4C[C@H](NC(=O)O)C(=O)N32)C2(CC2)C1. The Balaban J connectivity index is 1.25. The standard InChI is InChI=1S/C26H35N5O4/c1-29(2)21-5-8-27-13-19(21)17-12-26(6-7-26)30(14-17)24(33)22-4-3-18-10-15-9-16(15)11-20(28-25(34)35)23(32)31(18)22/h5,8,13,15-18,20,22,28H,3-4,6-7,9-12,14H2,1-2H3,(H,34,35)/t15-,16+,17+,18-,20+,22+/m1/s1. The Morgan fingerprint density at radius 1 is 1.17 bits per heavy atom. The van der Waals surface area contributed by atoms with Crippen molar-refractivity contribution in [2.75, 3.05) is 25.5 Å². The van der Waals surface area contributed by atoms with Crippen LogP contribution in [0.25, 0.3) is 0 Å². The third-order valence-electron chi connectivity index (χ3n) is 9.26. The predicted octanol–water partition coefficient (Wildman–Crippen LogP) is 2.42. The highest BCUT2D eigenvalue weighted by Crippen LogP contribution is 2.56. The fourth-order valence-corrected chi connectivity index (χ4v) is 7.28. The Hall–Kier alpha value is -2.84. The maximum atomic E-state index is 14.1. The van der Waals surface area contributed by atoms with Crippen molar-refractivity contribution in [2.45, 2.75) is 80.9 Å². The van der Waals surface area contributed by atoms with Gasteiger partial charge in [0.1, 0.15) is 12.1 Å². The van der Waals surface area contributed by atoms with E-state index in [2.05, 4.69) is 20.1 Å². The lowest BCUT2D eigenvalue weighted by Crippen LogP contribution is -2.57.